The summed E-state index contributed by atoms with van der Waals surface area (Å²) in [4.78, 5) is 24.9. The Labute approximate surface area is 212 Å². The van der Waals surface area contributed by atoms with Crippen molar-refractivity contribution in [3.63, 3.8) is 0 Å². The molecule has 2 aromatic heterocycles. The van der Waals surface area contributed by atoms with E-state index in [1.54, 1.807) is 12.5 Å². The maximum Gasteiger partial charge on any atom is 0.180 e. The quantitative estimate of drug-likeness (QED) is 0.251. The molecule has 0 bridgehead atoms. The van der Waals surface area contributed by atoms with Crippen molar-refractivity contribution >= 4 is 33.5 Å². The Morgan fingerprint density at radius 3 is 1.83 bits per heavy atom. The molecule has 0 amide bonds. The van der Waals surface area contributed by atoms with Crippen LogP contribution in [0.3, 0.4) is 0 Å². The molecule has 0 radical (unpaired) electrons. The molecule has 190 valence electrons. The van der Waals surface area contributed by atoms with Crippen LogP contribution in [0.25, 0.3) is 21.9 Å². The van der Waals surface area contributed by atoms with E-state index in [0.29, 0.717) is 11.5 Å². The lowest BCUT2D eigenvalue weighted by Crippen LogP contribution is -2.45. The molecule has 6 nitrogen and oxygen atoms in total. The number of hydrogen-bond donors (Lipinski definition) is 2. The minimum Gasteiger partial charge on any atom is -0.464 e. The van der Waals surface area contributed by atoms with Crippen LogP contribution < -0.4 is 10.6 Å². The average molecular weight is 489 g/mol. The van der Waals surface area contributed by atoms with Crippen LogP contribution in [0, 0.1) is 5.92 Å². The fourth-order valence-electron chi connectivity index (χ4n) is 4.73. The Hall–Kier alpha value is -3.22. The number of likely N-dealkylation sites (N-methyl/N-ethyl adjacent to an activating group) is 2. The summed E-state index contributed by atoms with van der Waals surface area (Å²) in [6.45, 7) is 7.69. The van der Waals surface area contributed by atoms with E-state index < -0.39 is 0 Å². The lowest BCUT2D eigenvalue weighted by molar-refractivity contribution is 0.0863. The van der Waals surface area contributed by atoms with E-state index in [0.717, 1.165) is 59.9 Å². The average Bonchev–Trinajstić information content (AvgIpc) is 3.54. The minimum atomic E-state index is -0.104. The van der Waals surface area contributed by atoms with Gasteiger partial charge in [0, 0.05) is 21.9 Å². The van der Waals surface area contributed by atoms with Gasteiger partial charge >= 0.3 is 0 Å². The lowest BCUT2D eigenvalue weighted by atomic mass is 9.77. The minimum absolute atomic E-state index is 0.0360. The summed E-state index contributed by atoms with van der Waals surface area (Å²) in [5, 5.41) is 8.60. The predicted molar refractivity (Wildman–Crippen MR) is 144 cm³/mol. The maximum atomic E-state index is 12.6. The second-order valence-electron chi connectivity index (χ2n) is 9.32. The fourth-order valence-corrected chi connectivity index (χ4v) is 4.73. The summed E-state index contributed by atoms with van der Waals surface area (Å²) in [7, 11) is 0. The van der Waals surface area contributed by atoms with Crippen molar-refractivity contribution < 1.29 is 18.4 Å². The van der Waals surface area contributed by atoms with Crippen molar-refractivity contribution in [1.82, 2.24) is 10.6 Å². The van der Waals surface area contributed by atoms with Crippen LogP contribution in [0.2, 0.25) is 0 Å². The maximum absolute atomic E-state index is 12.6. The summed E-state index contributed by atoms with van der Waals surface area (Å²) in [5.41, 5.74) is 3.01. The highest BCUT2D eigenvalue weighted by Crippen LogP contribution is 2.31. The molecule has 2 atom stereocenters. The van der Waals surface area contributed by atoms with Gasteiger partial charge in [0.25, 0.3) is 0 Å². The van der Waals surface area contributed by atoms with E-state index >= 15 is 0 Å². The van der Waals surface area contributed by atoms with Crippen LogP contribution in [-0.4, -0.2) is 36.7 Å². The number of hydrogen-bond acceptors (Lipinski definition) is 6. The molecule has 4 aromatic rings. The predicted octanol–water partition coefficient (Wildman–Crippen LogP) is 6.40. The Morgan fingerprint density at radius 2 is 1.36 bits per heavy atom. The standard InChI is InChI=1S/C16H19NO2.C14H17NO2/c1-2-17-15(12-4-3-5-12)16(18)13-7-6-11-8-9-19-14(11)10-13;1-3-12(15-4-2)14(16)11-6-5-10-7-8-17-13(10)9-11/h6-10,12,15,17H,2-5H2,1H3;5-9,12,15H,3-4H2,1-2H3. The zero-order valence-corrected chi connectivity index (χ0v) is 21.4. The highest BCUT2D eigenvalue weighted by molar-refractivity contribution is 6.03. The number of carbonyl (C=O) groups excluding carboxylic acids is 2. The van der Waals surface area contributed by atoms with E-state index in [1.807, 2.05) is 62.4 Å². The number of carbonyl (C=O) groups is 2. The van der Waals surface area contributed by atoms with Crippen molar-refractivity contribution in [3.8, 4) is 0 Å². The van der Waals surface area contributed by atoms with Crippen molar-refractivity contribution in [2.75, 3.05) is 13.1 Å². The van der Waals surface area contributed by atoms with Crippen LogP contribution in [0.5, 0.6) is 0 Å². The van der Waals surface area contributed by atoms with E-state index in [2.05, 4.69) is 17.6 Å². The largest absolute Gasteiger partial charge is 0.464 e. The third-order valence-corrected chi connectivity index (χ3v) is 6.98. The van der Waals surface area contributed by atoms with Gasteiger partial charge in [0.05, 0.1) is 24.6 Å². The summed E-state index contributed by atoms with van der Waals surface area (Å²) in [6, 6.07) is 15.0. The molecule has 1 aliphatic rings. The van der Waals surface area contributed by atoms with Crippen LogP contribution >= 0.6 is 0 Å². The van der Waals surface area contributed by atoms with Gasteiger partial charge in [-0.2, -0.15) is 0 Å². The second kappa shape index (κ2) is 12.2. The number of Topliss-reactive ketones (excluding diaryl/α,β-unsaturated/α-hetero) is 2. The molecule has 0 saturated heterocycles. The van der Waals surface area contributed by atoms with E-state index in [-0.39, 0.29) is 23.7 Å². The number of nitrogens with one attached hydrogen (secondary N) is 2. The lowest BCUT2D eigenvalue weighted by Gasteiger charge is -2.33. The number of ketones is 2. The van der Waals surface area contributed by atoms with E-state index in [9.17, 15) is 9.59 Å². The molecule has 2 aromatic carbocycles. The molecule has 5 rings (SSSR count). The first kappa shape index (κ1) is 25.9. The SMILES string of the molecule is CCNC(C(=O)c1ccc2ccoc2c1)C1CCC1.CCNC(CC)C(=O)c1ccc2ccoc2c1. The zero-order valence-electron chi connectivity index (χ0n) is 21.4. The Morgan fingerprint density at radius 1 is 0.806 bits per heavy atom. The van der Waals surface area contributed by atoms with Gasteiger partial charge in [0.2, 0.25) is 0 Å². The Balaban J connectivity index is 0.000000170. The normalized spacial score (nSPS) is 15.2. The molecule has 1 fully saturated rings. The van der Waals surface area contributed by atoms with E-state index in [1.165, 1.54) is 6.42 Å². The van der Waals surface area contributed by atoms with Crippen LogP contribution in [0.1, 0.15) is 67.2 Å². The van der Waals surface area contributed by atoms with Crippen molar-refractivity contribution in [2.24, 2.45) is 5.92 Å². The van der Waals surface area contributed by atoms with Gasteiger partial charge in [-0.3, -0.25) is 9.59 Å². The summed E-state index contributed by atoms with van der Waals surface area (Å²) in [5.74, 6) is 0.831. The Kier molecular flexibility index (Phi) is 8.73. The molecule has 1 saturated carbocycles. The zero-order chi connectivity index (χ0) is 25.5. The molecule has 6 heteroatoms. The highest BCUT2D eigenvalue weighted by atomic mass is 16.3. The van der Waals surface area contributed by atoms with Crippen molar-refractivity contribution in [3.05, 3.63) is 72.2 Å². The Bertz CT molecular complexity index is 1300. The van der Waals surface area contributed by atoms with Crippen molar-refractivity contribution in [2.45, 2.75) is 58.5 Å². The first-order chi connectivity index (χ1) is 17.5. The van der Waals surface area contributed by atoms with Gasteiger partial charge in [0.1, 0.15) is 11.2 Å². The summed E-state index contributed by atoms with van der Waals surface area (Å²) < 4.78 is 10.7. The highest BCUT2D eigenvalue weighted by Gasteiger charge is 2.32. The molecule has 0 spiro atoms. The molecule has 0 aliphatic heterocycles. The van der Waals surface area contributed by atoms with Gasteiger partial charge in [-0.1, -0.05) is 51.5 Å². The fraction of sp³-hybridized carbons (Fsp3) is 0.400. The first-order valence-corrected chi connectivity index (χ1v) is 13.0. The number of fused-ring (bicyclic) bond motifs is 2. The first-order valence-electron chi connectivity index (χ1n) is 13.0. The summed E-state index contributed by atoms with van der Waals surface area (Å²) >= 11 is 0. The second-order valence-corrected chi connectivity index (χ2v) is 9.32. The third-order valence-electron chi connectivity index (χ3n) is 6.98. The van der Waals surface area contributed by atoms with Crippen LogP contribution in [0.4, 0.5) is 0 Å². The van der Waals surface area contributed by atoms with Crippen LogP contribution in [0.15, 0.2) is 69.9 Å². The van der Waals surface area contributed by atoms with Crippen LogP contribution in [-0.2, 0) is 0 Å². The summed E-state index contributed by atoms with van der Waals surface area (Å²) in [6.07, 6.45) is 7.66. The van der Waals surface area contributed by atoms with E-state index in [4.69, 9.17) is 8.83 Å². The van der Waals surface area contributed by atoms with Gasteiger partial charge in [-0.25, -0.2) is 0 Å². The van der Waals surface area contributed by atoms with Gasteiger partial charge < -0.3 is 19.5 Å². The number of benzene rings is 2. The number of furan rings is 2. The molecule has 36 heavy (non-hydrogen) atoms. The molecule has 2 unspecified atom stereocenters. The molecule has 1 aliphatic carbocycles. The van der Waals surface area contributed by atoms with Gasteiger partial charge in [-0.05, 0) is 62.5 Å². The van der Waals surface area contributed by atoms with Gasteiger partial charge in [0.15, 0.2) is 11.6 Å². The topological polar surface area (TPSA) is 84.5 Å². The third kappa shape index (κ3) is 5.77. The monoisotopic (exact) mass is 488 g/mol. The van der Waals surface area contributed by atoms with Crippen molar-refractivity contribution in [1.29, 1.82) is 0 Å². The number of rotatable bonds is 10. The molecule has 2 heterocycles. The molecular weight excluding hydrogens is 452 g/mol. The van der Waals surface area contributed by atoms with Gasteiger partial charge in [-0.15, -0.1) is 0 Å². The molecular formula is C30H36N2O4. The molecule has 2 N–H and O–H groups in total. The smallest absolute Gasteiger partial charge is 0.180 e.